The van der Waals surface area contributed by atoms with Crippen LogP contribution in [0, 0.1) is 11.8 Å². The largest absolute Gasteiger partial charge is 0.338 e. The number of carbonyl (C=O) groups excluding carboxylic acids is 1. The summed E-state index contributed by atoms with van der Waals surface area (Å²) < 4.78 is 0. The maximum Gasteiger partial charge on any atom is 0.227 e. The van der Waals surface area contributed by atoms with Crippen molar-refractivity contribution in [3.05, 3.63) is 21.9 Å². The third-order valence-electron chi connectivity index (χ3n) is 3.51. The number of rotatable bonds is 4. The minimum Gasteiger partial charge on any atom is -0.338 e. The molecule has 1 aromatic rings. The number of hydrogen-bond acceptors (Lipinski definition) is 3. The lowest BCUT2D eigenvalue weighted by Crippen LogP contribution is -2.42. The van der Waals surface area contributed by atoms with E-state index in [2.05, 4.69) is 25.3 Å². The Morgan fingerprint density at radius 2 is 2.33 bits per heavy atom. The number of carbonyl (C=O) groups is 1. The van der Waals surface area contributed by atoms with Crippen LogP contribution >= 0.6 is 11.3 Å². The Hall–Kier alpha value is -0.870. The van der Waals surface area contributed by atoms with Crippen molar-refractivity contribution >= 4 is 17.2 Å². The molecular formula is C14H22N2OS. The van der Waals surface area contributed by atoms with Gasteiger partial charge < -0.3 is 10.6 Å². The summed E-state index contributed by atoms with van der Waals surface area (Å²) in [6.07, 6.45) is 1.89. The van der Waals surface area contributed by atoms with E-state index < -0.39 is 0 Å². The maximum absolute atomic E-state index is 12.4. The number of nitrogens with two attached hydrogens (primary N) is 1. The molecule has 0 bridgehead atoms. The van der Waals surface area contributed by atoms with Gasteiger partial charge in [0, 0.05) is 24.5 Å². The van der Waals surface area contributed by atoms with Crippen LogP contribution in [0.3, 0.4) is 0 Å². The second-order valence-corrected chi connectivity index (χ2v) is 6.44. The van der Waals surface area contributed by atoms with Crippen molar-refractivity contribution < 1.29 is 4.79 Å². The Morgan fingerprint density at radius 3 is 3.00 bits per heavy atom. The van der Waals surface area contributed by atoms with E-state index in [1.54, 1.807) is 11.3 Å². The molecule has 0 spiro atoms. The van der Waals surface area contributed by atoms with Gasteiger partial charge in [-0.15, -0.1) is 11.3 Å². The van der Waals surface area contributed by atoms with E-state index in [1.165, 1.54) is 10.4 Å². The molecular weight excluding hydrogens is 244 g/mol. The van der Waals surface area contributed by atoms with E-state index in [0.29, 0.717) is 12.5 Å². The number of nitrogens with zero attached hydrogens (tertiary/aromatic N) is 1. The van der Waals surface area contributed by atoms with Gasteiger partial charge in [-0.2, -0.15) is 0 Å². The fourth-order valence-corrected chi connectivity index (χ4v) is 3.45. The Bertz CT molecular complexity index is 414. The van der Waals surface area contributed by atoms with Gasteiger partial charge in [0.25, 0.3) is 0 Å². The fourth-order valence-electron chi connectivity index (χ4n) is 2.56. The van der Waals surface area contributed by atoms with Gasteiger partial charge in [0.15, 0.2) is 0 Å². The van der Waals surface area contributed by atoms with Crippen LogP contribution in [-0.4, -0.2) is 23.9 Å². The predicted octanol–water partition coefficient (Wildman–Crippen LogP) is 2.25. The average molecular weight is 266 g/mol. The van der Waals surface area contributed by atoms with Crippen LogP contribution in [0.25, 0.3) is 0 Å². The minimum atomic E-state index is -0.00909. The maximum atomic E-state index is 12.4. The summed E-state index contributed by atoms with van der Waals surface area (Å²) in [5.74, 6) is 0.747. The summed E-state index contributed by atoms with van der Waals surface area (Å²) >= 11 is 1.80. The summed E-state index contributed by atoms with van der Waals surface area (Å²) in [7, 11) is 0. The van der Waals surface area contributed by atoms with Gasteiger partial charge in [-0.25, -0.2) is 0 Å². The van der Waals surface area contributed by atoms with Crippen LogP contribution in [0.2, 0.25) is 0 Å². The first kappa shape index (κ1) is 13.6. The molecule has 2 rings (SSSR count). The zero-order valence-corrected chi connectivity index (χ0v) is 12.0. The summed E-state index contributed by atoms with van der Waals surface area (Å²) in [6.45, 7) is 6.36. The zero-order chi connectivity index (χ0) is 13.1. The highest BCUT2D eigenvalue weighted by Gasteiger charge is 2.27. The van der Waals surface area contributed by atoms with E-state index in [4.69, 9.17) is 5.73 Å². The standard InChI is InChI=1S/C14H22N2OS/c1-10(2)7-12(8-15)14(17)16-5-3-13-11(9-16)4-6-18-13/h4,6,10,12H,3,5,7-9,15H2,1-2H3. The van der Waals surface area contributed by atoms with Crippen LogP contribution < -0.4 is 5.73 Å². The first-order valence-electron chi connectivity index (χ1n) is 6.66. The van der Waals surface area contributed by atoms with E-state index in [9.17, 15) is 4.79 Å². The van der Waals surface area contributed by atoms with Gasteiger partial charge in [-0.05, 0) is 35.8 Å². The highest BCUT2D eigenvalue weighted by atomic mass is 32.1. The van der Waals surface area contributed by atoms with Gasteiger partial charge in [0.05, 0.1) is 5.92 Å². The fraction of sp³-hybridized carbons (Fsp3) is 0.643. The molecule has 3 nitrogen and oxygen atoms in total. The minimum absolute atomic E-state index is 0.00909. The topological polar surface area (TPSA) is 46.3 Å². The Balaban J connectivity index is 2.01. The lowest BCUT2D eigenvalue weighted by Gasteiger charge is -2.30. The van der Waals surface area contributed by atoms with Crippen molar-refractivity contribution in [2.75, 3.05) is 13.1 Å². The van der Waals surface area contributed by atoms with Gasteiger partial charge in [0.1, 0.15) is 0 Å². The van der Waals surface area contributed by atoms with Crippen molar-refractivity contribution in [3.63, 3.8) is 0 Å². The molecule has 4 heteroatoms. The number of hydrogen-bond donors (Lipinski definition) is 1. The number of fused-ring (bicyclic) bond motifs is 1. The van der Waals surface area contributed by atoms with Crippen molar-refractivity contribution in [2.24, 2.45) is 17.6 Å². The van der Waals surface area contributed by atoms with E-state index in [-0.39, 0.29) is 11.8 Å². The summed E-state index contributed by atoms with van der Waals surface area (Å²) in [6, 6.07) is 2.14. The smallest absolute Gasteiger partial charge is 0.227 e. The molecule has 1 aliphatic heterocycles. The highest BCUT2D eigenvalue weighted by molar-refractivity contribution is 7.10. The third-order valence-corrected chi connectivity index (χ3v) is 4.53. The third kappa shape index (κ3) is 2.93. The molecule has 0 aromatic carbocycles. The lowest BCUT2D eigenvalue weighted by molar-refractivity contribution is -0.136. The first-order chi connectivity index (χ1) is 8.61. The van der Waals surface area contributed by atoms with Crippen LogP contribution in [0.1, 0.15) is 30.7 Å². The van der Waals surface area contributed by atoms with Gasteiger partial charge >= 0.3 is 0 Å². The molecule has 2 N–H and O–H groups in total. The van der Waals surface area contributed by atoms with Crippen molar-refractivity contribution in [1.82, 2.24) is 4.90 Å². The molecule has 1 aliphatic rings. The first-order valence-corrected chi connectivity index (χ1v) is 7.54. The molecule has 0 saturated carbocycles. The molecule has 100 valence electrons. The highest BCUT2D eigenvalue weighted by Crippen LogP contribution is 2.25. The Labute approximate surface area is 113 Å². The average Bonchev–Trinajstić information content (AvgIpc) is 2.81. The normalized spacial score (nSPS) is 16.8. The number of amides is 1. The van der Waals surface area contributed by atoms with E-state index in [1.807, 2.05) is 4.90 Å². The molecule has 0 saturated heterocycles. The summed E-state index contributed by atoms with van der Waals surface area (Å²) in [4.78, 5) is 15.9. The van der Waals surface area contributed by atoms with Gasteiger partial charge in [-0.1, -0.05) is 13.8 Å². The quantitative estimate of drug-likeness (QED) is 0.908. The summed E-state index contributed by atoms with van der Waals surface area (Å²) in [5, 5.41) is 2.12. The molecule has 1 unspecified atom stereocenters. The number of thiophene rings is 1. The second-order valence-electron chi connectivity index (χ2n) is 5.44. The van der Waals surface area contributed by atoms with Crippen molar-refractivity contribution in [2.45, 2.75) is 33.2 Å². The molecule has 1 aromatic heterocycles. The van der Waals surface area contributed by atoms with Crippen LogP contribution in [0.15, 0.2) is 11.4 Å². The van der Waals surface area contributed by atoms with Crippen LogP contribution in [0.4, 0.5) is 0 Å². The van der Waals surface area contributed by atoms with Gasteiger partial charge in [-0.3, -0.25) is 4.79 Å². The Kier molecular flexibility index (Phi) is 4.40. The predicted molar refractivity (Wildman–Crippen MR) is 75.4 cm³/mol. The SMILES string of the molecule is CC(C)CC(CN)C(=O)N1CCc2sccc2C1. The zero-order valence-electron chi connectivity index (χ0n) is 11.2. The molecule has 0 radical (unpaired) electrons. The molecule has 1 atom stereocenters. The Morgan fingerprint density at radius 1 is 1.56 bits per heavy atom. The van der Waals surface area contributed by atoms with Crippen molar-refractivity contribution in [3.8, 4) is 0 Å². The molecule has 0 aliphatic carbocycles. The van der Waals surface area contributed by atoms with Gasteiger partial charge in [0.2, 0.25) is 5.91 Å². The van der Waals surface area contributed by atoms with Crippen LogP contribution in [-0.2, 0) is 17.8 Å². The lowest BCUT2D eigenvalue weighted by atomic mass is 9.95. The monoisotopic (exact) mass is 266 g/mol. The molecule has 18 heavy (non-hydrogen) atoms. The second kappa shape index (κ2) is 5.85. The van der Waals surface area contributed by atoms with E-state index in [0.717, 1.165) is 25.9 Å². The molecule has 0 fully saturated rings. The summed E-state index contributed by atoms with van der Waals surface area (Å²) in [5.41, 5.74) is 7.08. The van der Waals surface area contributed by atoms with Crippen LogP contribution in [0.5, 0.6) is 0 Å². The van der Waals surface area contributed by atoms with Crippen molar-refractivity contribution in [1.29, 1.82) is 0 Å². The van der Waals surface area contributed by atoms with E-state index >= 15 is 0 Å². The molecule has 1 amide bonds. The molecule has 2 heterocycles.